The lowest BCUT2D eigenvalue weighted by molar-refractivity contribution is -0.134. The third-order valence-electron chi connectivity index (χ3n) is 6.61. The van der Waals surface area contributed by atoms with Crippen LogP contribution in [-0.2, 0) is 9.59 Å². The molecule has 1 saturated heterocycles. The number of piperazine rings is 1. The number of nitrogens with zero attached hydrogens (tertiary/aromatic N) is 4. The molecule has 1 unspecified atom stereocenters. The molecule has 3 rings (SSSR count). The quantitative estimate of drug-likeness (QED) is 0.210. The van der Waals surface area contributed by atoms with Crippen molar-refractivity contribution in [2.45, 2.75) is 82.8 Å². The molecule has 2 heterocycles. The summed E-state index contributed by atoms with van der Waals surface area (Å²) in [5.74, 6) is 2.02. The minimum atomic E-state index is -0.0143. The van der Waals surface area contributed by atoms with Crippen LogP contribution in [0.4, 0.5) is 5.82 Å². The number of anilines is 1. The van der Waals surface area contributed by atoms with E-state index in [2.05, 4.69) is 34.0 Å². The van der Waals surface area contributed by atoms with E-state index in [1.807, 2.05) is 4.90 Å². The molecule has 7 nitrogen and oxygen atoms in total. The van der Waals surface area contributed by atoms with E-state index in [1.54, 1.807) is 6.07 Å². The number of halogens is 1. The third-order valence-corrected chi connectivity index (χ3v) is 7.65. The van der Waals surface area contributed by atoms with E-state index in [0.29, 0.717) is 36.4 Å². The van der Waals surface area contributed by atoms with Crippen LogP contribution < -0.4 is 10.2 Å². The van der Waals surface area contributed by atoms with Crippen molar-refractivity contribution in [3.63, 3.8) is 0 Å². The predicted octanol–water partition coefficient (Wildman–Crippen LogP) is 4.54. The Hall–Kier alpha value is -1.54. The maximum Gasteiger partial charge on any atom is 0.230 e. The zero-order valence-corrected chi connectivity index (χ0v) is 21.6. The fourth-order valence-electron chi connectivity index (χ4n) is 4.70. The SMILES string of the molecule is CCCCCNC(=O)CSc1nc(Cl)cc(N2CCN(C(=O)CCC3CCCC3)C(C)C2)n1. The Balaban J connectivity index is 1.49. The molecule has 0 spiro atoms. The molecule has 1 aromatic heterocycles. The molecule has 1 aromatic rings. The smallest absolute Gasteiger partial charge is 0.230 e. The summed E-state index contributed by atoms with van der Waals surface area (Å²) in [5, 5.41) is 3.81. The molecule has 0 radical (unpaired) electrons. The van der Waals surface area contributed by atoms with E-state index in [9.17, 15) is 9.59 Å². The molecular formula is C24H38ClN5O2S. The van der Waals surface area contributed by atoms with E-state index < -0.39 is 0 Å². The van der Waals surface area contributed by atoms with Crippen LogP contribution in [0.1, 0.15) is 71.6 Å². The standard InChI is InChI=1S/C24H38ClN5O2S/c1-3-4-7-12-26-22(31)17-33-24-27-20(25)15-21(28-24)29-13-14-30(18(2)16-29)23(32)11-10-19-8-5-6-9-19/h15,18-19H,3-14,16-17H2,1-2H3,(H,26,31). The zero-order chi connectivity index (χ0) is 23.6. The van der Waals surface area contributed by atoms with Gasteiger partial charge in [-0.1, -0.05) is 68.8 Å². The molecule has 0 bridgehead atoms. The van der Waals surface area contributed by atoms with E-state index in [0.717, 1.165) is 44.0 Å². The van der Waals surface area contributed by atoms with Crippen molar-refractivity contribution in [3.05, 3.63) is 11.2 Å². The highest BCUT2D eigenvalue weighted by Crippen LogP contribution is 2.29. The summed E-state index contributed by atoms with van der Waals surface area (Å²) >= 11 is 7.57. The van der Waals surface area contributed by atoms with Gasteiger partial charge in [0.15, 0.2) is 5.16 Å². The van der Waals surface area contributed by atoms with E-state index >= 15 is 0 Å². The topological polar surface area (TPSA) is 78.4 Å². The Morgan fingerprint density at radius 2 is 2.00 bits per heavy atom. The van der Waals surface area contributed by atoms with Gasteiger partial charge in [0.25, 0.3) is 0 Å². The van der Waals surface area contributed by atoms with E-state index in [4.69, 9.17) is 11.6 Å². The molecule has 1 aliphatic heterocycles. The van der Waals surface area contributed by atoms with Crippen LogP contribution in [0.15, 0.2) is 11.2 Å². The lowest BCUT2D eigenvalue weighted by Crippen LogP contribution is -2.54. The Morgan fingerprint density at radius 1 is 1.21 bits per heavy atom. The highest BCUT2D eigenvalue weighted by Gasteiger charge is 2.29. The van der Waals surface area contributed by atoms with Crippen molar-refractivity contribution in [1.29, 1.82) is 0 Å². The maximum atomic E-state index is 12.8. The summed E-state index contributed by atoms with van der Waals surface area (Å²) in [6.45, 7) is 7.06. The normalized spacial score (nSPS) is 19.2. The van der Waals surface area contributed by atoms with Crippen molar-refractivity contribution >= 4 is 41.0 Å². The van der Waals surface area contributed by atoms with E-state index in [1.165, 1.54) is 37.4 Å². The summed E-state index contributed by atoms with van der Waals surface area (Å²) in [5.41, 5.74) is 0. The minimum absolute atomic E-state index is 0.0143. The lowest BCUT2D eigenvalue weighted by Gasteiger charge is -2.40. The Labute approximate surface area is 207 Å². The van der Waals surface area contributed by atoms with Crippen molar-refractivity contribution in [2.24, 2.45) is 5.92 Å². The van der Waals surface area contributed by atoms with Crippen LogP contribution in [0.25, 0.3) is 0 Å². The molecule has 1 aliphatic carbocycles. The molecule has 1 saturated carbocycles. The third kappa shape index (κ3) is 8.32. The predicted molar refractivity (Wildman–Crippen MR) is 135 cm³/mol. The molecule has 9 heteroatoms. The van der Waals surface area contributed by atoms with Gasteiger partial charge in [-0.3, -0.25) is 9.59 Å². The van der Waals surface area contributed by atoms with Crippen LogP contribution in [0, 0.1) is 5.92 Å². The largest absolute Gasteiger partial charge is 0.355 e. The molecule has 33 heavy (non-hydrogen) atoms. The van der Waals surface area contributed by atoms with Gasteiger partial charge in [0.1, 0.15) is 11.0 Å². The summed E-state index contributed by atoms with van der Waals surface area (Å²) in [7, 11) is 0. The number of unbranched alkanes of at least 4 members (excludes halogenated alkanes) is 2. The highest BCUT2D eigenvalue weighted by molar-refractivity contribution is 7.99. The minimum Gasteiger partial charge on any atom is -0.355 e. The second kappa shape index (κ2) is 13.4. The van der Waals surface area contributed by atoms with Gasteiger partial charge >= 0.3 is 0 Å². The van der Waals surface area contributed by atoms with Crippen molar-refractivity contribution in [1.82, 2.24) is 20.2 Å². The number of thioether (sulfide) groups is 1. The maximum absolute atomic E-state index is 12.8. The molecule has 1 N–H and O–H groups in total. The summed E-state index contributed by atoms with van der Waals surface area (Å²) in [6, 6.07) is 1.88. The number of carbonyl (C=O) groups is 2. The average molecular weight is 496 g/mol. The first-order valence-electron chi connectivity index (χ1n) is 12.4. The van der Waals surface area contributed by atoms with Crippen molar-refractivity contribution in [3.8, 4) is 0 Å². The van der Waals surface area contributed by atoms with Crippen LogP contribution >= 0.6 is 23.4 Å². The second-order valence-electron chi connectivity index (χ2n) is 9.25. The number of hydrogen-bond acceptors (Lipinski definition) is 6. The van der Waals surface area contributed by atoms with Gasteiger partial charge in [0, 0.05) is 44.7 Å². The fraction of sp³-hybridized carbons (Fsp3) is 0.750. The number of aromatic nitrogens is 2. The van der Waals surface area contributed by atoms with Gasteiger partial charge in [0.2, 0.25) is 11.8 Å². The summed E-state index contributed by atoms with van der Waals surface area (Å²) < 4.78 is 0. The Morgan fingerprint density at radius 3 is 2.73 bits per heavy atom. The fourth-order valence-corrected chi connectivity index (χ4v) is 5.61. The average Bonchev–Trinajstić information content (AvgIpc) is 3.32. The van der Waals surface area contributed by atoms with Gasteiger partial charge in [-0.05, 0) is 25.7 Å². The Bertz CT molecular complexity index is 790. The lowest BCUT2D eigenvalue weighted by atomic mass is 10.0. The molecule has 2 aliphatic rings. The van der Waals surface area contributed by atoms with Crippen molar-refractivity contribution in [2.75, 3.05) is 36.8 Å². The number of rotatable bonds is 11. The first kappa shape index (κ1) is 26.1. The van der Waals surface area contributed by atoms with Gasteiger partial charge in [-0.25, -0.2) is 9.97 Å². The first-order valence-corrected chi connectivity index (χ1v) is 13.8. The molecule has 2 amide bonds. The van der Waals surface area contributed by atoms with Gasteiger partial charge in [-0.15, -0.1) is 0 Å². The van der Waals surface area contributed by atoms with Crippen LogP contribution in [0.3, 0.4) is 0 Å². The van der Waals surface area contributed by atoms with Gasteiger partial charge < -0.3 is 15.1 Å². The van der Waals surface area contributed by atoms with Crippen molar-refractivity contribution < 1.29 is 9.59 Å². The summed E-state index contributed by atoms with van der Waals surface area (Å²) in [4.78, 5) is 38.0. The first-order chi connectivity index (χ1) is 16.0. The number of carbonyl (C=O) groups excluding carboxylic acids is 2. The molecule has 1 atom stereocenters. The zero-order valence-electron chi connectivity index (χ0n) is 20.0. The van der Waals surface area contributed by atoms with E-state index in [-0.39, 0.29) is 23.6 Å². The van der Waals surface area contributed by atoms with Gasteiger partial charge in [-0.2, -0.15) is 0 Å². The monoisotopic (exact) mass is 495 g/mol. The van der Waals surface area contributed by atoms with Gasteiger partial charge in [0.05, 0.1) is 5.75 Å². The molecule has 0 aromatic carbocycles. The number of nitrogens with one attached hydrogen (secondary N) is 1. The summed E-state index contributed by atoms with van der Waals surface area (Å²) in [6.07, 6.45) is 10.1. The second-order valence-corrected chi connectivity index (χ2v) is 10.6. The van der Waals surface area contributed by atoms with Crippen LogP contribution in [0.2, 0.25) is 5.15 Å². The highest BCUT2D eigenvalue weighted by atomic mass is 35.5. The molecule has 184 valence electrons. The van der Waals surface area contributed by atoms with Crippen LogP contribution in [-0.4, -0.2) is 64.7 Å². The van der Waals surface area contributed by atoms with Crippen LogP contribution in [0.5, 0.6) is 0 Å². The number of hydrogen-bond donors (Lipinski definition) is 1. The number of amides is 2. The Kier molecular flexibility index (Phi) is 10.6. The molecule has 2 fully saturated rings. The molecular weight excluding hydrogens is 458 g/mol.